The molecule has 27 heavy (non-hydrogen) atoms. The molecule has 0 unspecified atom stereocenters. The second-order valence-corrected chi connectivity index (χ2v) is 6.29. The van der Waals surface area contributed by atoms with Crippen LogP contribution in [0.4, 0.5) is 4.39 Å². The molecule has 0 saturated heterocycles. The van der Waals surface area contributed by atoms with E-state index in [0.29, 0.717) is 34.4 Å². The van der Waals surface area contributed by atoms with E-state index in [4.69, 9.17) is 13.6 Å². The van der Waals surface area contributed by atoms with Crippen LogP contribution in [-0.4, -0.2) is 20.4 Å². The lowest BCUT2D eigenvalue weighted by molar-refractivity contribution is 0.252. The predicted octanol–water partition coefficient (Wildman–Crippen LogP) is 4.13. The van der Waals surface area contributed by atoms with E-state index in [-0.39, 0.29) is 12.4 Å². The van der Waals surface area contributed by atoms with Crippen molar-refractivity contribution in [3.8, 4) is 17.2 Å². The van der Waals surface area contributed by atoms with Gasteiger partial charge >= 0.3 is 0 Å². The van der Waals surface area contributed by atoms with Crippen LogP contribution in [0.15, 0.2) is 68.7 Å². The largest absolute Gasteiger partial charge is 0.484 e. The van der Waals surface area contributed by atoms with E-state index in [9.17, 15) is 4.39 Å². The average molecular weight is 384 g/mol. The van der Waals surface area contributed by atoms with Crippen LogP contribution in [0.25, 0.3) is 11.5 Å². The lowest BCUT2D eigenvalue weighted by Gasteiger charge is -2.01. The number of halogens is 1. The summed E-state index contributed by atoms with van der Waals surface area (Å²) in [6.07, 6.45) is 0. The molecule has 4 aromatic rings. The molecular formula is C18H13FN4O3S. The molecule has 0 amide bonds. The second kappa shape index (κ2) is 8.00. The van der Waals surface area contributed by atoms with Crippen molar-refractivity contribution in [1.82, 2.24) is 20.4 Å². The molecule has 4 rings (SSSR count). The van der Waals surface area contributed by atoms with Crippen LogP contribution in [0.5, 0.6) is 5.75 Å². The Kier molecular flexibility index (Phi) is 5.10. The minimum absolute atomic E-state index is 0.0951. The van der Waals surface area contributed by atoms with Crippen molar-refractivity contribution in [2.75, 3.05) is 0 Å². The van der Waals surface area contributed by atoms with Crippen LogP contribution >= 0.6 is 11.8 Å². The minimum Gasteiger partial charge on any atom is -0.484 e. The summed E-state index contributed by atoms with van der Waals surface area (Å²) < 4.78 is 29.4. The summed E-state index contributed by atoms with van der Waals surface area (Å²) >= 11 is 1.28. The highest BCUT2D eigenvalue weighted by Gasteiger charge is 2.12. The van der Waals surface area contributed by atoms with E-state index in [1.54, 1.807) is 0 Å². The van der Waals surface area contributed by atoms with E-state index < -0.39 is 0 Å². The molecule has 136 valence electrons. The number of hydrogen-bond acceptors (Lipinski definition) is 8. The average Bonchev–Trinajstić information content (AvgIpc) is 3.36. The maximum atomic E-state index is 12.9. The van der Waals surface area contributed by atoms with Gasteiger partial charge in [0.05, 0.1) is 5.75 Å². The highest BCUT2D eigenvalue weighted by Crippen LogP contribution is 2.24. The summed E-state index contributed by atoms with van der Waals surface area (Å²) in [6.45, 7) is 0.0951. The Balaban J connectivity index is 1.31. The molecule has 7 nitrogen and oxygen atoms in total. The third-order valence-corrected chi connectivity index (χ3v) is 4.23. The summed E-state index contributed by atoms with van der Waals surface area (Å²) in [6, 6.07) is 15.2. The van der Waals surface area contributed by atoms with Crippen molar-refractivity contribution in [2.24, 2.45) is 0 Å². The number of benzene rings is 2. The Bertz CT molecular complexity index is 1000. The van der Waals surface area contributed by atoms with Gasteiger partial charge in [-0.1, -0.05) is 30.0 Å². The monoisotopic (exact) mass is 384 g/mol. The van der Waals surface area contributed by atoms with E-state index in [1.165, 1.54) is 36.0 Å². The van der Waals surface area contributed by atoms with Gasteiger partial charge in [0.2, 0.25) is 11.8 Å². The van der Waals surface area contributed by atoms with Gasteiger partial charge in [0.1, 0.15) is 11.6 Å². The molecule has 9 heteroatoms. The van der Waals surface area contributed by atoms with Crippen molar-refractivity contribution in [3.05, 3.63) is 72.2 Å². The van der Waals surface area contributed by atoms with Gasteiger partial charge in [-0.3, -0.25) is 0 Å². The van der Waals surface area contributed by atoms with Crippen LogP contribution in [0.1, 0.15) is 11.8 Å². The van der Waals surface area contributed by atoms with Crippen LogP contribution < -0.4 is 4.74 Å². The van der Waals surface area contributed by atoms with Crippen LogP contribution in [0.3, 0.4) is 0 Å². The van der Waals surface area contributed by atoms with Gasteiger partial charge in [0.25, 0.3) is 11.1 Å². The van der Waals surface area contributed by atoms with Crippen molar-refractivity contribution < 1.29 is 18.0 Å². The smallest absolute Gasteiger partial charge is 0.277 e. The first-order chi connectivity index (χ1) is 13.3. The summed E-state index contributed by atoms with van der Waals surface area (Å²) in [5.41, 5.74) is 0.860. The Morgan fingerprint density at radius 2 is 1.63 bits per heavy atom. The zero-order valence-corrected chi connectivity index (χ0v) is 14.7. The molecule has 0 N–H and O–H groups in total. The molecule has 0 spiro atoms. The van der Waals surface area contributed by atoms with Gasteiger partial charge in [0.15, 0.2) is 6.61 Å². The van der Waals surface area contributed by atoms with Crippen molar-refractivity contribution >= 4 is 11.8 Å². The summed E-state index contributed by atoms with van der Waals surface area (Å²) in [4.78, 5) is 0. The molecule has 0 saturated carbocycles. The molecule has 0 aliphatic rings. The van der Waals surface area contributed by atoms with Crippen molar-refractivity contribution in [1.29, 1.82) is 0 Å². The van der Waals surface area contributed by atoms with Gasteiger partial charge in [-0.15, -0.1) is 20.4 Å². The SMILES string of the molecule is Fc1ccc(OCc2nnc(SCc3nnc(-c4ccccc4)o3)o2)cc1. The normalized spacial score (nSPS) is 10.9. The fourth-order valence-corrected chi connectivity index (χ4v) is 2.78. The van der Waals surface area contributed by atoms with Gasteiger partial charge < -0.3 is 13.6 Å². The van der Waals surface area contributed by atoms with E-state index in [2.05, 4.69) is 20.4 Å². The molecule has 0 aliphatic heterocycles. The van der Waals surface area contributed by atoms with E-state index in [1.807, 2.05) is 30.3 Å². The Morgan fingerprint density at radius 1 is 0.852 bits per heavy atom. The van der Waals surface area contributed by atoms with Crippen LogP contribution in [0, 0.1) is 5.82 Å². The lowest BCUT2D eigenvalue weighted by atomic mass is 10.2. The number of nitrogens with zero attached hydrogens (tertiary/aromatic N) is 4. The number of aromatic nitrogens is 4. The summed E-state index contributed by atoms with van der Waals surface area (Å²) in [5, 5.41) is 16.3. The maximum absolute atomic E-state index is 12.9. The molecule has 0 atom stereocenters. The molecule has 2 heterocycles. The van der Waals surface area contributed by atoms with Gasteiger partial charge in [-0.2, -0.15) is 0 Å². The van der Waals surface area contributed by atoms with Crippen LogP contribution in [0.2, 0.25) is 0 Å². The molecule has 0 fully saturated rings. The zero-order valence-electron chi connectivity index (χ0n) is 13.9. The van der Waals surface area contributed by atoms with Gasteiger partial charge in [-0.25, -0.2) is 4.39 Å². The number of ether oxygens (including phenoxy) is 1. The number of rotatable bonds is 7. The fourth-order valence-electron chi connectivity index (χ4n) is 2.16. The second-order valence-electron chi connectivity index (χ2n) is 5.36. The number of hydrogen-bond donors (Lipinski definition) is 0. The molecule has 2 aromatic carbocycles. The quantitative estimate of drug-likeness (QED) is 0.440. The first-order valence-electron chi connectivity index (χ1n) is 7.97. The van der Waals surface area contributed by atoms with E-state index in [0.717, 1.165) is 5.56 Å². The summed E-state index contributed by atoms with van der Waals surface area (Å²) in [7, 11) is 0. The Morgan fingerprint density at radius 3 is 2.44 bits per heavy atom. The first-order valence-corrected chi connectivity index (χ1v) is 8.96. The zero-order chi connectivity index (χ0) is 18.5. The molecule has 0 aliphatic carbocycles. The topological polar surface area (TPSA) is 87.1 Å². The van der Waals surface area contributed by atoms with Gasteiger partial charge in [0, 0.05) is 5.56 Å². The maximum Gasteiger partial charge on any atom is 0.277 e. The van der Waals surface area contributed by atoms with Gasteiger partial charge in [-0.05, 0) is 36.4 Å². The highest BCUT2D eigenvalue weighted by molar-refractivity contribution is 7.98. The first kappa shape index (κ1) is 17.2. The predicted molar refractivity (Wildman–Crippen MR) is 94.3 cm³/mol. The molecule has 0 radical (unpaired) electrons. The molecule has 2 aromatic heterocycles. The minimum atomic E-state index is -0.324. The lowest BCUT2D eigenvalue weighted by Crippen LogP contribution is -1.95. The molecule has 0 bridgehead atoms. The van der Waals surface area contributed by atoms with E-state index >= 15 is 0 Å². The summed E-state index contributed by atoms with van der Waals surface area (Å²) in [5.74, 6) is 1.84. The Hall–Kier alpha value is -3.20. The van der Waals surface area contributed by atoms with Crippen LogP contribution in [-0.2, 0) is 12.4 Å². The third-order valence-electron chi connectivity index (χ3n) is 3.43. The number of thioether (sulfide) groups is 1. The molecular weight excluding hydrogens is 371 g/mol. The highest BCUT2D eigenvalue weighted by atomic mass is 32.2. The Labute approximate surface area is 157 Å². The van der Waals surface area contributed by atoms with Crippen molar-refractivity contribution in [3.63, 3.8) is 0 Å². The standard InChI is InChI=1S/C18H13FN4O3S/c19-13-6-8-14(9-7-13)24-10-15-20-23-18(26-15)27-11-16-21-22-17(25-16)12-4-2-1-3-5-12/h1-9H,10-11H2. The third kappa shape index (κ3) is 4.50. The van der Waals surface area contributed by atoms with Crippen molar-refractivity contribution in [2.45, 2.75) is 17.6 Å². The fraction of sp³-hybridized carbons (Fsp3) is 0.111.